The number of thiocarbonyl (C=S) groups is 1. The van der Waals surface area contributed by atoms with Crippen LogP contribution in [-0.2, 0) is 6.42 Å². The molecule has 28 heavy (non-hydrogen) atoms. The Labute approximate surface area is 174 Å². The van der Waals surface area contributed by atoms with E-state index in [1.807, 2.05) is 0 Å². The number of nitrogens with zero attached hydrogens (tertiary/aromatic N) is 1. The zero-order valence-electron chi connectivity index (χ0n) is 16.7. The van der Waals surface area contributed by atoms with Crippen LogP contribution in [0.5, 0.6) is 0 Å². The summed E-state index contributed by atoms with van der Waals surface area (Å²) in [6, 6.07) is 21.2. The normalized spacial score (nSPS) is 24.5. The Morgan fingerprint density at radius 2 is 1.68 bits per heavy atom. The van der Waals surface area contributed by atoms with E-state index in [4.69, 9.17) is 12.2 Å². The first-order valence-electron chi connectivity index (χ1n) is 10.6. The molecule has 0 spiro atoms. The van der Waals surface area contributed by atoms with Crippen LogP contribution in [0.2, 0.25) is 0 Å². The van der Waals surface area contributed by atoms with Gasteiger partial charge in [-0.15, -0.1) is 0 Å². The van der Waals surface area contributed by atoms with Gasteiger partial charge in [-0.25, -0.2) is 0 Å². The van der Waals surface area contributed by atoms with Crippen LogP contribution >= 0.6 is 12.2 Å². The van der Waals surface area contributed by atoms with Gasteiger partial charge in [0.25, 0.3) is 0 Å². The molecule has 2 heterocycles. The summed E-state index contributed by atoms with van der Waals surface area (Å²) in [4.78, 5) is 2.78. The van der Waals surface area contributed by atoms with Gasteiger partial charge >= 0.3 is 0 Å². The third kappa shape index (κ3) is 4.92. The van der Waals surface area contributed by atoms with Crippen molar-refractivity contribution in [3.8, 4) is 0 Å². The third-order valence-electron chi connectivity index (χ3n) is 6.27. The molecular weight excluding hydrogens is 362 g/mol. The van der Waals surface area contributed by atoms with Gasteiger partial charge in [-0.3, -0.25) is 4.90 Å². The number of hydrogen-bond acceptors (Lipinski definition) is 2. The highest BCUT2D eigenvalue weighted by Crippen LogP contribution is 2.34. The fourth-order valence-corrected chi connectivity index (χ4v) is 5.14. The molecule has 0 radical (unpaired) electrons. The lowest BCUT2D eigenvalue weighted by molar-refractivity contribution is 0.0293. The van der Waals surface area contributed by atoms with E-state index in [9.17, 15) is 0 Å². The third-order valence-corrected chi connectivity index (χ3v) is 6.49. The molecule has 2 bridgehead atoms. The fraction of sp³-hybridized carbons (Fsp3) is 0.458. The number of aryl methyl sites for hydroxylation is 1. The van der Waals surface area contributed by atoms with Gasteiger partial charge in [0.15, 0.2) is 5.11 Å². The molecule has 4 heteroatoms. The number of rotatable bonds is 5. The molecule has 0 aliphatic carbocycles. The lowest BCUT2D eigenvalue weighted by Crippen LogP contribution is -2.57. The Bertz CT molecular complexity index is 760. The summed E-state index contributed by atoms with van der Waals surface area (Å²) in [5, 5.41) is 7.70. The minimum absolute atomic E-state index is 0.480. The Kier molecular flexibility index (Phi) is 6.28. The molecule has 2 atom stereocenters. The number of nitrogens with one attached hydrogen (secondary N) is 2. The van der Waals surface area contributed by atoms with Crippen LogP contribution in [0.1, 0.15) is 43.2 Å². The maximum absolute atomic E-state index is 5.59. The Hall–Kier alpha value is -1.91. The maximum atomic E-state index is 5.59. The first-order chi connectivity index (χ1) is 13.7. The first kappa shape index (κ1) is 19.4. The minimum atomic E-state index is 0.480. The molecule has 0 saturated carbocycles. The van der Waals surface area contributed by atoms with Crippen molar-refractivity contribution in [2.75, 3.05) is 11.9 Å². The van der Waals surface area contributed by atoms with Gasteiger partial charge in [0.2, 0.25) is 0 Å². The summed E-state index contributed by atoms with van der Waals surface area (Å²) in [6.07, 6.45) is 7.56. The summed E-state index contributed by atoms with van der Waals surface area (Å²) in [5.41, 5.74) is 3.77. The standard InChI is InChI=1S/C24H31N3S/c1-18-10-12-20(13-11-18)25-24(28)26-21-16-22-8-5-9-23(17-21)27(22)15-14-19-6-3-2-4-7-19/h2-4,6-7,10-13,21-23H,5,8-9,14-17H2,1H3,(H2,25,26,28). The van der Waals surface area contributed by atoms with E-state index in [-0.39, 0.29) is 0 Å². The molecule has 2 aliphatic heterocycles. The summed E-state index contributed by atoms with van der Waals surface area (Å²) in [6.45, 7) is 3.28. The molecule has 2 aromatic carbocycles. The van der Waals surface area contributed by atoms with E-state index < -0.39 is 0 Å². The number of fused-ring (bicyclic) bond motifs is 2. The molecule has 0 amide bonds. The Morgan fingerprint density at radius 3 is 2.36 bits per heavy atom. The van der Waals surface area contributed by atoms with Gasteiger partial charge in [0.05, 0.1) is 0 Å². The van der Waals surface area contributed by atoms with Gasteiger partial charge in [-0.2, -0.15) is 0 Å². The largest absolute Gasteiger partial charge is 0.360 e. The summed E-state index contributed by atoms with van der Waals surface area (Å²) >= 11 is 5.59. The quantitative estimate of drug-likeness (QED) is 0.706. The molecular formula is C24H31N3S. The Morgan fingerprint density at radius 1 is 1.00 bits per heavy atom. The van der Waals surface area contributed by atoms with Gasteiger partial charge in [-0.1, -0.05) is 54.4 Å². The summed E-state index contributed by atoms with van der Waals surface area (Å²) < 4.78 is 0. The van der Waals surface area contributed by atoms with E-state index in [0.29, 0.717) is 18.1 Å². The van der Waals surface area contributed by atoms with E-state index in [1.165, 1.54) is 49.8 Å². The smallest absolute Gasteiger partial charge is 0.170 e. The van der Waals surface area contributed by atoms with Gasteiger partial charge in [-0.05, 0) is 68.9 Å². The molecule has 0 aromatic heterocycles. The number of anilines is 1. The van der Waals surface area contributed by atoms with Gasteiger partial charge in [0, 0.05) is 30.4 Å². The van der Waals surface area contributed by atoms with Crippen LogP contribution in [0.3, 0.4) is 0 Å². The molecule has 2 aliphatic rings. The summed E-state index contributed by atoms with van der Waals surface area (Å²) in [7, 11) is 0. The molecule has 148 valence electrons. The van der Waals surface area contributed by atoms with Crippen molar-refractivity contribution in [3.05, 3.63) is 65.7 Å². The van der Waals surface area contributed by atoms with Crippen LogP contribution in [-0.4, -0.2) is 34.7 Å². The predicted molar refractivity (Wildman–Crippen MR) is 122 cm³/mol. The average molecular weight is 394 g/mol. The molecule has 2 aromatic rings. The lowest BCUT2D eigenvalue weighted by atomic mass is 9.81. The van der Waals surface area contributed by atoms with Crippen molar-refractivity contribution in [3.63, 3.8) is 0 Å². The van der Waals surface area contributed by atoms with Crippen molar-refractivity contribution >= 4 is 23.0 Å². The highest BCUT2D eigenvalue weighted by molar-refractivity contribution is 7.80. The number of benzene rings is 2. The number of piperidine rings is 2. The number of hydrogen-bond donors (Lipinski definition) is 2. The van der Waals surface area contributed by atoms with E-state index in [2.05, 4.69) is 77.1 Å². The first-order valence-corrected chi connectivity index (χ1v) is 11.0. The fourth-order valence-electron chi connectivity index (χ4n) is 4.85. The topological polar surface area (TPSA) is 27.3 Å². The van der Waals surface area contributed by atoms with Gasteiger partial charge < -0.3 is 10.6 Å². The van der Waals surface area contributed by atoms with E-state index in [0.717, 1.165) is 17.2 Å². The van der Waals surface area contributed by atoms with E-state index in [1.54, 1.807) is 0 Å². The van der Waals surface area contributed by atoms with Crippen LogP contribution in [0.4, 0.5) is 5.69 Å². The van der Waals surface area contributed by atoms with Crippen LogP contribution in [0.25, 0.3) is 0 Å². The second kappa shape index (κ2) is 9.06. The minimum Gasteiger partial charge on any atom is -0.360 e. The van der Waals surface area contributed by atoms with Crippen LogP contribution in [0.15, 0.2) is 54.6 Å². The second-order valence-electron chi connectivity index (χ2n) is 8.34. The SMILES string of the molecule is Cc1ccc(NC(=S)NC2CC3CCCC(C2)N3CCc2ccccc2)cc1. The molecule has 4 rings (SSSR count). The van der Waals surface area contributed by atoms with Crippen LogP contribution < -0.4 is 10.6 Å². The van der Waals surface area contributed by atoms with Crippen LogP contribution in [0, 0.1) is 6.92 Å². The van der Waals surface area contributed by atoms with Crippen molar-refractivity contribution in [1.82, 2.24) is 10.2 Å². The summed E-state index contributed by atoms with van der Waals surface area (Å²) in [5.74, 6) is 0. The van der Waals surface area contributed by atoms with Crippen molar-refractivity contribution < 1.29 is 0 Å². The van der Waals surface area contributed by atoms with Crippen molar-refractivity contribution in [2.45, 2.75) is 63.6 Å². The maximum Gasteiger partial charge on any atom is 0.170 e. The highest BCUT2D eigenvalue weighted by atomic mass is 32.1. The predicted octanol–water partition coefficient (Wildman–Crippen LogP) is 4.91. The molecule has 2 fully saturated rings. The highest BCUT2D eigenvalue weighted by Gasteiger charge is 2.38. The van der Waals surface area contributed by atoms with Crippen molar-refractivity contribution in [2.24, 2.45) is 0 Å². The Balaban J connectivity index is 1.31. The lowest BCUT2D eigenvalue weighted by Gasteiger charge is -2.49. The van der Waals surface area contributed by atoms with Gasteiger partial charge in [0.1, 0.15) is 0 Å². The molecule has 2 unspecified atom stereocenters. The zero-order chi connectivity index (χ0) is 19.3. The van der Waals surface area contributed by atoms with Crippen molar-refractivity contribution in [1.29, 1.82) is 0 Å². The average Bonchev–Trinajstić information content (AvgIpc) is 2.69. The molecule has 2 saturated heterocycles. The monoisotopic (exact) mass is 393 g/mol. The molecule has 3 nitrogen and oxygen atoms in total. The second-order valence-corrected chi connectivity index (χ2v) is 8.75. The molecule has 2 N–H and O–H groups in total. The van der Waals surface area contributed by atoms with E-state index >= 15 is 0 Å². The zero-order valence-corrected chi connectivity index (χ0v) is 17.5.